The Balaban J connectivity index is 2.30. The second-order valence-electron chi connectivity index (χ2n) is 4.60. The van der Waals surface area contributed by atoms with E-state index in [-0.39, 0.29) is 11.4 Å². The van der Waals surface area contributed by atoms with Crippen LogP contribution in [0.1, 0.15) is 23.3 Å². The number of methoxy groups -OCH3 is 1. The molecule has 1 fully saturated rings. The number of pyridine rings is 1. The Bertz CT molecular complexity index is 520. The van der Waals surface area contributed by atoms with Gasteiger partial charge >= 0.3 is 5.97 Å². The lowest BCUT2D eigenvalue weighted by Crippen LogP contribution is -2.23. The molecular formula is C13H17NO4S. The molecule has 0 aromatic carbocycles. The average molecular weight is 283 g/mol. The van der Waals surface area contributed by atoms with Gasteiger partial charge in [0.2, 0.25) is 5.43 Å². The van der Waals surface area contributed by atoms with Crippen molar-refractivity contribution >= 4 is 17.7 Å². The zero-order valence-corrected chi connectivity index (χ0v) is 11.6. The van der Waals surface area contributed by atoms with Gasteiger partial charge < -0.3 is 14.4 Å². The third-order valence-electron chi connectivity index (χ3n) is 3.33. The molecule has 0 atom stereocenters. The minimum Gasteiger partial charge on any atom is -0.491 e. The van der Waals surface area contributed by atoms with Gasteiger partial charge in [0.25, 0.3) is 0 Å². The molecule has 0 saturated carbocycles. The molecule has 0 amide bonds. The molecule has 1 aromatic rings. The number of ether oxygens (including phenoxy) is 1. The van der Waals surface area contributed by atoms with Crippen LogP contribution in [0.25, 0.3) is 0 Å². The van der Waals surface area contributed by atoms with Crippen molar-refractivity contribution in [2.75, 3.05) is 18.6 Å². The molecule has 0 spiro atoms. The van der Waals surface area contributed by atoms with Crippen LogP contribution in [-0.4, -0.2) is 34.3 Å². The third-order valence-corrected chi connectivity index (χ3v) is 4.38. The van der Waals surface area contributed by atoms with Crippen molar-refractivity contribution in [3.8, 4) is 5.75 Å². The summed E-state index contributed by atoms with van der Waals surface area (Å²) in [7, 11) is 1.42. The molecule has 1 N–H and O–H groups in total. The summed E-state index contributed by atoms with van der Waals surface area (Å²) in [5, 5.41) is 9.18. The first-order chi connectivity index (χ1) is 9.11. The van der Waals surface area contributed by atoms with Crippen LogP contribution in [0.4, 0.5) is 0 Å². The highest BCUT2D eigenvalue weighted by atomic mass is 32.2. The molecule has 5 nitrogen and oxygen atoms in total. The van der Waals surface area contributed by atoms with Crippen molar-refractivity contribution in [1.82, 2.24) is 4.57 Å². The van der Waals surface area contributed by atoms with E-state index in [4.69, 9.17) is 4.74 Å². The molecule has 1 aromatic heterocycles. The van der Waals surface area contributed by atoms with Crippen LogP contribution < -0.4 is 10.2 Å². The molecule has 0 unspecified atom stereocenters. The first-order valence-electron chi connectivity index (χ1n) is 6.21. The van der Waals surface area contributed by atoms with Crippen LogP contribution in [-0.2, 0) is 6.54 Å². The van der Waals surface area contributed by atoms with Gasteiger partial charge in [0.1, 0.15) is 5.69 Å². The van der Waals surface area contributed by atoms with E-state index >= 15 is 0 Å². The Morgan fingerprint density at radius 1 is 1.53 bits per heavy atom. The Hall–Kier alpha value is -1.43. The minimum atomic E-state index is -1.08. The highest BCUT2D eigenvalue weighted by Crippen LogP contribution is 2.24. The lowest BCUT2D eigenvalue weighted by molar-refractivity contribution is 0.0682. The van der Waals surface area contributed by atoms with Crippen molar-refractivity contribution in [3.05, 3.63) is 28.2 Å². The summed E-state index contributed by atoms with van der Waals surface area (Å²) < 4.78 is 6.61. The molecule has 6 heteroatoms. The fourth-order valence-electron chi connectivity index (χ4n) is 2.25. The Labute approximate surface area is 115 Å². The summed E-state index contributed by atoms with van der Waals surface area (Å²) in [5.74, 6) is 1.81. The normalized spacial score (nSPS) is 16.3. The van der Waals surface area contributed by atoms with E-state index in [1.165, 1.54) is 13.3 Å². The summed E-state index contributed by atoms with van der Waals surface area (Å²) in [6, 6.07) is 1.14. The number of aromatic nitrogens is 1. The van der Waals surface area contributed by atoms with Gasteiger partial charge in [-0.05, 0) is 30.3 Å². The summed E-state index contributed by atoms with van der Waals surface area (Å²) in [5.41, 5.74) is -0.362. The number of aromatic carboxylic acids is 1. The number of carboxylic acid groups (broad SMARTS) is 1. The van der Waals surface area contributed by atoms with E-state index in [1.54, 1.807) is 4.57 Å². The van der Waals surface area contributed by atoms with E-state index in [0.29, 0.717) is 12.5 Å². The van der Waals surface area contributed by atoms with Crippen LogP contribution in [0.3, 0.4) is 0 Å². The summed E-state index contributed by atoms with van der Waals surface area (Å²) in [6.07, 6.45) is 3.67. The molecule has 1 aliphatic heterocycles. The van der Waals surface area contributed by atoms with Gasteiger partial charge in [-0.15, -0.1) is 0 Å². The summed E-state index contributed by atoms with van der Waals surface area (Å²) in [4.78, 5) is 22.8. The van der Waals surface area contributed by atoms with E-state index < -0.39 is 11.4 Å². The van der Waals surface area contributed by atoms with Crippen LogP contribution in [0, 0.1) is 5.92 Å². The number of thioether (sulfide) groups is 1. The van der Waals surface area contributed by atoms with Crippen molar-refractivity contribution in [2.24, 2.45) is 5.92 Å². The first-order valence-corrected chi connectivity index (χ1v) is 7.37. The van der Waals surface area contributed by atoms with Crippen molar-refractivity contribution in [2.45, 2.75) is 19.4 Å². The molecule has 2 heterocycles. The van der Waals surface area contributed by atoms with Gasteiger partial charge in [-0.3, -0.25) is 4.79 Å². The van der Waals surface area contributed by atoms with Crippen LogP contribution in [0.2, 0.25) is 0 Å². The van der Waals surface area contributed by atoms with Crippen molar-refractivity contribution in [3.63, 3.8) is 0 Å². The predicted octanol–water partition coefficient (Wildman–Crippen LogP) is 1.70. The standard InChI is InChI=1S/C13H17NO4S/c1-18-12-8-14(7-9-2-4-19-5-3-9)10(13(16)17)6-11(12)15/h6,8-9H,2-5,7H2,1H3,(H,16,17). The van der Waals surface area contributed by atoms with Crippen LogP contribution in [0.5, 0.6) is 5.75 Å². The second-order valence-corrected chi connectivity index (χ2v) is 5.83. The van der Waals surface area contributed by atoms with Crippen molar-refractivity contribution in [1.29, 1.82) is 0 Å². The fraction of sp³-hybridized carbons (Fsp3) is 0.538. The molecule has 19 heavy (non-hydrogen) atoms. The molecular weight excluding hydrogens is 266 g/mol. The Morgan fingerprint density at radius 2 is 2.21 bits per heavy atom. The van der Waals surface area contributed by atoms with E-state index in [9.17, 15) is 14.7 Å². The molecule has 0 aliphatic carbocycles. The molecule has 1 saturated heterocycles. The van der Waals surface area contributed by atoms with Gasteiger partial charge in [0.05, 0.1) is 13.3 Å². The lowest BCUT2D eigenvalue weighted by Gasteiger charge is -2.23. The quantitative estimate of drug-likeness (QED) is 0.911. The van der Waals surface area contributed by atoms with Gasteiger partial charge in [-0.1, -0.05) is 0 Å². The average Bonchev–Trinajstić information content (AvgIpc) is 2.41. The third kappa shape index (κ3) is 3.32. The molecule has 2 rings (SSSR count). The molecule has 0 bridgehead atoms. The maximum atomic E-state index is 11.6. The highest BCUT2D eigenvalue weighted by molar-refractivity contribution is 7.99. The smallest absolute Gasteiger partial charge is 0.352 e. The van der Waals surface area contributed by atoms with E-state index in [0.717, 1.165) is 30.4 Å². The number of carbonyl (C=O) groups is 1. The SMILES string of the molecule is COc1cn(CC2CCSCC2)c(C(=O)O)cc1=O. The lowest BCUT2D eigenvalue weighted by atomic mass is 10.0. The first kappa shape index (κ1) is 14.0. The Morgan fingerprint density at radius 3 is 2.79 bits per heavy atom. The molecule has 1 aliphatic rings. The van der Waals surface area contributed by atoms with E-state index in [2.05, 4.69) is 0 Å². The Kier molecular flexibility index (Phi) is 4.52. The monoisotopic (exact) mass is 283 g/mol. The fourth-order valence-corrected chi connectivity index (χ4v) is 3.45. The van der Waals surface area contributed by atoms with Crippen LogP contribution in [0.15, 0.2) is 17.1 Å². The molecule has 0 radical (unpaired) electrons. The van der Waals surface area contributed by atoms with Gasteiger partial charge in [0.15, 0.2) is 5.75 Å². The minimum absolute atomic E-state index is 0.0315. The van der Waals surface area contributed by atoms with Crippen LogP contribution >= 0.6 is 11.8 Å². The zero-order valence-electron chi connectivity index (χ0n) is 10.8. The van der Waals surface area contributed by atoms with E-state index in [1.807, 2.05) is 11.8 Å². The predicted molar refractivity (Wildman–Crippen MR) is 74.3 cm³/mol. The number of hydrogen-bond acceptors (Lipinski definition) is 4. The maximum Gasteiger partial charge on any atom is 0.352 e. The van der Waals surface area contributed by atoms with Crippen molar-refractivity contribution < 1.29 is 14.6 Å². The number of hydrogen-bond donors (Lipinski definition) is 1. The second kappa shape index (κ2) is 6.14. The zero-order chi connectivity index (χ0) is 13.8. The van der Waals surface area contributed by atoms with Gasteiger partial charge in [-0.25, -0.2) is 4.79 Å². The maximum absolute atomic E-state index is 11.6. The number of rotatable bonds is 4. The highest BCUT2D eigenvalue weighted by Gasteiger charge is 2.18. The summed E-state index contributed by atoms with van der Waals surface area (Å²) in [6.45, 7) is 0.624. The van der Waals surface area contributed by atoms with Gasteiger partial charge in [-0.2, -0.15) is 11.8 Å². The van der Waals surface area contributed by atoms with Gasteiger partial charge in [0, 0.05) is 12.6 Å². The largest absolute Gasteiger partial charge is 0.491 e. The number of carboxylic acids is 1. The number of nitrogens with zero attached hydrogens (tertiary/aromatic N) is 1. The topological polar surface area (TPSA) is 68.5 Å². The molecule has 104 valence electrons. The summed E-state index contributed by atoms with van der Waals surface area (Å²) >= 11 is 1.93.